The van der Waals surface area contributed by atoms with Crippen LogP contribution in [0, 0.1) is 0 Å². The van der Waals surface area contributed by atoms with E-state index in [-0.39, 0.29) is 0 Å². The molecule has 0 aliphatic heterocycles. The van der Waals surface area contributed by atoms with Gasteiger partial charge in [0.1, 0.15) is 0 Å². The Labute approximate surface area is 52.2 Å². The van der Waals surface area contributed by atoms with Gasteiger partial charge in [-0.1, -0.05) is 0 Å². The highest BCUT2D eigenvalue weighted by atomic mass is 15.6. The third-order valence-electron chi connectivity index (χ3n) is 0.823. The van der Waals surface area contributed by atoms with E-state index in [0.29, 0.717) is 5.82 Å². The summed E-state index contributed by atoms with van der Waals surface area (Å²) in [6.07, 6.45) is 1.55. The van der Waals surface area contributed by atoms with Gasteiger partial charge in [-0.15, -0.1) is 5.10 Å². The van der Waals surface area contributed by atoms with Gasteiger partial charge in [0.25, 0.3) is 0 Å². The zero-order valence-corrected chi connectivity index (χ0v) is 4.73. The number of nitrogens with zero attached hydrogens (tertiary/aromatic N) is 3. The van der Waals surface area contributed by atoms with E-state index in [0.717, 1.165) is 5.12 Å². The monoisotopic (exact) mass is 125 g/mol. The lowest BCUT2D eigenvalue weighted by Crippen LogP contribution is -2.38. The van der Waals surface area contributed by atoms with Crippen molar-refractivity contribution in [3.8, 4) is 0 Å². The van der Waals surface area contributed by atoms with E-state index >= 15 is 0 Å². The first-order valence-corrected chi connectivity index (χ1v) is 2.38. The standard InChI is InChI=1S/C4H7N5/c5-9(6)4-2-1-3-7-8-4/h1-3H,5-6H2. The van der Waals surface area contributed by atoms with Crippen LogP contribution in [0.1, 0.15) is 0 Å². The van der Waals surface area contributed by atoms with Crippen molar-refractivity contribution in [2.24, 2.45) is 11.7 Å². The Hall–Kier alpha value is -1.20. The van der Waals surface area contributed by atoms with E-state index in [2.05, 4.69) is 10.2 Å². The maximum absolute atomic E-state index is 5.12. The van der Waals surface area contributed by atoms with Gasteiger partial charge in [0.15, 0.2) is 5.82 Å². The fourth-order valence-corrected chi connectivity index (χ4v) is 0.431. The Bertz CT molecular complexity index is 172. The number of rotatable bonds is 1. The van der Waals surface area contributed by atoms with E-state index in [1.165, 1.54) is 0 Å². The molecule has 0 saturated carbocycles. The van der Waals surface area contributed by atoms with Crippen molar-refractivity contribution in [2.45, 2.75) is 0 Å². The van der Waals surface area contributed by atoms with Gasteiger partial charge in [-0.25, -0.2) is 16.8 Å². The maximum Gasteiger partial charge on any atom is 0.180 e. The Kier molecular flexibility index (Phi) is 1.57. The van der Waals surface area contributed by atoms with E-state index in [1.807, 2.05) is 0 Å². The molecule has 0 saturated heterocycles. The number of hydrogen-bond donors (Lipinski definition) is 2. The second-order valence-corrected chi connectivity index (χ2v) is 1.49. The summed E-state index contributed by atoms with van der Waals surface area (Å²) in [5.41, 5.74) is 0. The van der Waals surface area contributed by atoms with Crippen LogP contribution in [0.2, 0.25) is 0 Å². The first-order valence-electron chi connectivity index (χ1n) is 2.38. The van der Waals surface area contributed by atoms with Crippen LogP contribution < -0.4 is 16.8 Å². The first-order chi connectivity index (χ1) is 4.30. The highest BCUT2D eigenvalue weighted by Crippen LogP contribution is 1.96. The van der Waals surface area contributed by atoms with E-state index in [1.54, 1.807) is 18.3 Å². The van der Waals surface area contributed by atoms with Gasteiger partial charge in [0.2, 0.25) is 0 Å². The topological polar surface area (TPSA) is 81.1 Å². The SMILES string of the molecule is NN(N)c1cccnn1. The number of hydrogen-bond acceptors (Lipinski definition) is 5. The second-order valence-electron chi connectivity index (χ2n) is 1.49. The Morgan fingerprint density at radius 1 is 1.44 bits per heavy atom. The molecule has 0 spiro atoms. The molecule has 0 radical (unpaired) electrons. The molecule has 1 rings (SSSR count). The van der Waals surface area contributed by atoms with Crippen molar-refractivity contribution in [3.63, 3.8) is 0 Å². The fourth-order valence-electron chi connectivity index (χ4n) is 0.431. The molecule has 48 valence electrons. The minimum Gasteiger partial charge on any atom is -0.231 e. The molecule has 0 unspecified atom stereocenters. The quantitative estimate of drug-likeness (QED) is 0.373. The molecular weight excluding hydrogens is 118 g/mol. The van der Waals surface area contributed by atoms with Crippen LogP contribution in [0.5, 0.6) is 0 Å². The van der Waals surface area contributed by atoms with Gasteiger partial charge in [0.05, 0.1) is 0 Å². The molecule has 5 nitrogen and oxygen atoms in total. The van der Waals surface area contributed by atoms with E-state index in [9.17, 15) is 0 Å². The molecule has 1 aromatic rings. The largest absolute Gasteiger partial charge is 0.231 e. The minimum absolute atomic E-state index is 0.442. The Balaban J connectivity index is 2.85. The van der Waals surface area contributed by atoms with Crippen LogP contribution in [0.15, 0.2) is 18.3 Å². The molecule has 5 heteroatoms. The van der Waals surface area contributed by atoms with Gasteiger partial charge in [-0.05, 0) is 12.1 Å². The highest BCUT2D eigenvalue weighted by Gasteiger charge is 1.92. The maximum atomic E-state index is 5.12. The Morgan fingerprint density at radius 2 is 2.22 bits per heavy atom. The van der Waals surface area contributed by atoms with E-state index in [4.69, 9.17) is 11.7 Å². The summed E-state index contributed by atoms with van der Waals surface area (Å²) in [7, 11) is 0. The van der Waals surface area contributed by atoms with Crippen molar-refractivity contribution in [1.82, 2.24) is 10.2 Å². The Morgan fingerprint density at radius 3 is 2.56 bits per heavy atom. The summed E-state index contributed by atoms with van der Waals surface area (Å²) in [5.74, 6) is 10.7. The number of aromatic nitrogens is 2. The average Bonchev–Trinajstić information content (AvgIpc) is 1.90. The summed E-state index contributed by atoms with van der Waals surface area (Å²) in [6, 6.07) is 3.36. The molecular formula is C4H7N5. The molecule has 0 aliphatic rings. The van der Waals surface area contributed by atoms with Crippen molar-refractivity contribution in [1.29, 1.82) is 0 Å². The van der Waals surface area contributed by atoms with Gasteiger partial charge >= 0.3 is 0 Å². The van der Waals surface area contributed by atoms with Crippen LogP contribution >= 0.6 is 0 Å². The zero-order chi connectivity index (χ0) is 6.69. The third kappa shape index (κ3) is 1.34. The summed E-state index contributed by atoms with van der Waals surface area (Å²) in [6.45, 7) is 0. The summed E-state index contributed by atoms with van der Waals surface area (Å²) in [5, 5.41) is 8.07. The lowest BCUT2D eigenvalue weighted by Gasteiger charge is -2.06. The molecule has 0 aromatic carbocycles. The van der Waals surface area contributed by atoms with Crippen LogP contribution in [-0.4, -0.2) is 10.2 Å². The zero-order valence-electron chi connectivity index (χ0n) is 4.73. The van der Waals surface area contributed by atoms with Gasteiger partial charge < -0.3 is 0 Å². The molecule has 1 aromatic heterocycles. The normalized spacial score (nSPS) is 9.11. The minimum atomic E-state index is 0.442. The van der Waals surface area contributed by atoms with Crippen molar-refractivity contribution in [2.75, 3.05) is 5.12 Å². The van der Waals surface area contributed by atoms with Crippen molar-refractivity contribution >= 4 is 5.82 Å². The number of hydrazine groups is 2. The summed E-state index contributed by atoms with van der Waals surface area (Å²) in [4.78, 5) is 0. The van der Waals surface area contributed by atoms with Crippen LogP contribution in [0.25, 0.3) is 0 Å². The summed E-state index contributed by atoms with van der Waals surface area (Å²) < 4.78 is 0. The van der Waals surface area contributed by atoms with Crippen molar-refractivity contribution in [3.05, 3.63) is 18.3 Å². The molecule has 0 bridgehead atoms. The molecule has 1 heterocycles. The average molecular weight is 125 g/mol. The van der Waals surface area contributed by atoms with Crippen LogP contribution in [0.4, 0.5) is 5.82 Å². The van der Waals surface area contributed by atoms with Gasteiger partial charge in [-0.2, -0.15) is 5.10 Å². The molecule has 0 atom stereocenters. The molecule has 9 heavy (non-hydrogen) atoms. The van der Waals surface area contributed by atoms with E-state index < -0.39 is 0 Å². The second kappa shape index (κ2) is 2.38. The summed E-state index contributed by atoms with van der Waals surface area (Å²) >= 11 is 0. The smallest absolute Gasteiger partial charge is 0.180 e. The number of anilines is 1. The number of nitrogens with two attached hydrogens (primary N) is 2. The fraction of sp³-hybridized carbons (Fsp3) is 0. The van der Waals surface area contributed by atoms with Crippen LogP contribution in [-0.2, 0) is 0 Å². The molecule has 0 fully saturated rings. The lowest BCUT2D eigenvalue weighted by atomic mass is 10.5. The molecule has 0 aliphatic carbocycles. The predicted molar refractivity (Wildman–Crippen MR) is 32.9 cm³/mol. The third-order valence-corrected chi connectivity index (χ3v) is 0.823. The predicted octanol–water partition coefficient (Wildman–Crippen LogP) is -0.970. The van der Waals surface area contributed by atoms with Gasteiger partial charge in [0, 0.05) is 6.20 Å². The van der Waals surface area contributed by atoms with Gasteiger partial charge in [-0.3, -0.25) is 0 Å². The molecule has 4 N–H and O–H groups in total. The van der Waals surface area contributed by atoms with Crippen LogP contribution in [0.3, 0.4) is 0 Å². The van der Waals surface area contributed by atoms with Crippen molar-refractivity contribution < 1.29 is 0 Å². The molecule has 0 amide bonds. The highest BCUT2D eigenvalue weighted by molar-refractivity contribution is 5.30. The lowest BCUT2D eigenvalue weighted by molar-refractivity contribution is 0.861. The first kappa shape index (κ1) is 5.93.